The number of pyridine rings is 1. The van der Waals surface area contributed by atoms with Gasteiger partial charge >= 0.3 is 0 Å². The van der Waals surface area contributed by atoms with Crippen LogP contribution in [0.2, 0.25) is 0 Å². The van der Waals surface area contributed by atoms with E-state index in [0.717, 1.165) is 40.4 Å². The molecule has 4 heterocycles. The number of para-hydroxylation sites is 1. The molecule has 8 nitrogen and oxygen atoms in total. The number of hydrogen-bond donors (Lipinski definition) is 1. The van der Waals surface area contributed by atoms with Crippen LogP contribution in [0.3, 0.4) is 0 Å². The molecule has 0 unspecified atom stereocenters. The van der Waals surface area contributed by atoms with Crippen LogP contribution in [0.25, 0.3) is 21.9 Å². The third-order valence-electron chi connectivity index (χ3n) is 7.87. The molecule has 2 aliphatic rings. The lowest BCUT2D eigenvalue weighted by Gasteiger charge is -2.39. The zero-order valence-corrected chi connectivity index (χ0v) is 23.1. The summed E-state index contributed by atoms with van der Waals surface area (Å²) in [5, 5.41) is 1.64. The van der Waals surface area contributed by atoms with E-state index in [1.165, 1.54) is 11.8 Å². The number of rotatable bonds is 8. The summed E-state index contributed by atoms with van der Waals surface area (Å²) in [6.07, 6.45) is 5.15. The van der Waals surface area contributed by atoms with Crippen molar-refractivity contribution in [2.24, 2.45) is 11.8 Å². The zero-order chi connectivity index (χ0) is 27.1. The molecule has 0 aliphatic carbocycles. The van der Waals surface area contributed by atoms with E-state index in [-0.39, 0.29) is 40.0 Å². The fraction of sp³-hybridized carbons (Fsp3) is 0.310. The minimum absolute atomic E-state index is 0.00696. The highest BCUT2D eigenvalue weighted by atomic mass is 32.2. The van der Waals surface area contributed by atoms with Crippen LogP contribution in [0, 0.1) is 11.8 Å². The number of carbonyl (C=O) groups is 1. The maximum atomic E-state index is 13.0. The average molecular weight is 564 g/mol. The smallest absolute Gasteiger partial charge is 0.282 e. The summed E-state index contributed by atoms with van der Waals surface area (Å²) >= 11 is 1.36. The number of carbonyl (C=O) groups excluding carboxylic acids is 1. The predicted octanol–water partition coefficient (Wildman–Crippen LogP) is 5.76. The molecule has 0 radical (unpaired) electrons. The minimum Gasteiger partial charge on any atom is -0.497 e. The normalized spacial score (nSPS) is 22.2. The zero-order valence-electron chi connectivity index (χ0n) is 21.4. The number of fused-ring (bicyclic) bond motifs is 3. The van der Waals surface area contributed by atoms with Gasteiger partial charge in [0.1, 0.15) is 11.3 Å². The molecule has 39 heavy (non-hydrogen) atoms. The Kier molecular flexibility index (Phi) is 6.86. The van der Waals surface area contributed by atoms with Crippen molar-refractivity contribution in [1.29, 1.82) is 0 Å². The van der Waals surface area contributed by atoms with Gasteiger partial charge in [-0.05, 0) is 60.6 Å². The van der Waals surface area contributed by atoms with Gasteiger partial charge in [-0.2, -0.15) is 0 Å². The summed E-state index contributed by atoms with van der Waals surface area (Å²) in [7, 11) is -2.19. The van der Waals surface area contributed by atoms with E-state index in [2.05, 4.69) is 16.3 Å². The van der Waals surface area contributed by atoms with Crippen molar-refractivity contribution >= 4 is 48.9 Å². The second-order valence-electron chi connectivity index (χ2n) is 9.99. The first-order chi connectivity index (χ1) is 18.9. The maximum Gasteiger partial charge on any atom is 0.282 e. The van der Waals surface area contributed by atoms with Gasteiger partial charge in [0.15, 0.2) is 0 Å². The van der Waals surface area contributed by atoms with E-state index in [9.17, 15) is 13.2 Å². The first-order valence-electron chi connectivity index (χ1n) is 12.9. The number of methoxy groups -OCH3 is 1. The van der Waals surface area contributed by atoms with E-state index in [1.54, 1.807) is 31.5 Å². The van der Waals surface area contributed by atoms with E-state index in [1.807, 2.05) is 47.4 Å². The number of thioether (sulfide) groups is 1. The van der Waals surface area contributed by atoms with E-state index < -0.39 is 10.0 Å². The molecule has 4 atom stereocenters. The second-order valence-corrected chi connectivity index (χ2v) is 12.8. The van der Waals surface area contributed by atoms with Crippen LogP contribution in [-0.2, 0) is 10.0 Å². The van der Waals surface area contributed by atoms with Crippen LogP contribution in [0.4, 0.5) is 4.79 Å². The van der Waals surface area contributed by atoms with Crippen LogP contribution in [0.5, 0.6) is 5.75 Å². The monoisotopic (exact) mass is 563 g/mol. The van der Waals surface area contributed by atoms with Gasteiger partial charge in [-0.25, -0.2) is 13.1 Å². The van der Waals surface area contributed by atoms with E-state index in [4.69, 9.17) is 9.15 Å². The van der Waals surface area contributed by atoms with Crippen molar-refractivity contribution in [3.8, 4) is 5.75 Å². The summed E-state index contributed by atoms with van der Waals surface area (Å²) in [5.41, 5.74) is 2.45. The quantitative estimate of drug-likeness (QED) is 0.272. The van der Waals surface area contributed by atoms with Crippen molar-refractivity contribution in [3.63, 3.8) is 0 Å². The number of nitrogens with zero attached hydrogens (tertiary/aromatic N) is 2. The van der Waals surface area contributed by atoms with Crippen LogP contribution in [0.1, 0.15) is 23.7 Å². The van der Waals surface area contributed by atoms with Gasteiger partial charge in [0.05, 0.1) is 17.9 Å². The largest absolute Gasteiger partial charge is 0.497 e. The molecule has 0 saturated carbocycles. The Hall–Kier alpha value is -3.34. The summed E-state index contributed by atoms with van der Waals surface area (Å²) in [4.78, 5) is 19.5. The lowest BCUT2D eigenvalue weighted by molar-refractivity contribution is 0.135. The highest BCUT2D eigenvalue weighted by Crippen LogP contribution is 2.50. The van der Waals surface area contributed by atoms with Gasteiger partial charge in [0.25, 0.3) is 15.3 Å². The number of aromatic nitrogens is 1. The van der Waals surface area contributed by atoms with Crippen molar-refractivity contribution in [2.45, 2.75) is 29.2 Å². The van der Waals surface area contributed by atoms with E-state index in [0.29, 0.717) is 12.1 Å². The topological polar surface area (TPSA) is 102 Å². The molecular formula is C29H29N3O5S2. The van der Waals surface area contributed by atoms with Crippen LogP contribution in [0.15, 0.2) is 83.0 Å². The summed E-state index contributed by atoms with van der Waals surface area (Å²) < 4.78 is 39.8. The molecule has 2 aliphatic heterocycles. The maximum absolute atomic E-state index is 13.0. The molecule has 6 rings (SSSR count). The lowest BCUT2D eigenvalue weighted by atomic mass is 9.79. The first kappa shape index (κ1) is 25.9. The van der Waals surface area contributed by atoms with Crippen molar-refractivity contribution in [2.75, 3.05) is 20.2 Å². The molecule has 10 heteroatoms. The molecule has 0 spiro atoms. The van der Waals surface area contributed by atoms with E-state index >= 15 is 0 Å². The van der Waals surface area contributed by atoms with Crippen LogP contribution >= 0.6 is 11.8 Å². The Labute approximate surface area is 231 Å². The number of hydrogen-bond acceptors (Lipinski definition) is 7. The number of piperidine rings is 1. The van der Waals surface area contributed by atoms with Crippen LogP contribution in [-0.4, -0.2) is 49.8 Å². The van der Waals surface area contributed by atoms with Gasteiger partial charge in [-0.1, -0.05) is 36.0 Å². The Bertz CT molecular complexity index is 1640. The SMILES string of the molecule is C=C[C@@H](CNS(=O)(=O)c1cc2ccccc2o1)[C@H]1CCN2C(=O)S[C@@H](c3ccnc4ccc(OC)cc34)[C@@H]2C1. The molecule has 1 amide bonds. The highest BCUT2D eigenvalue weighted by Gasteiger charge is 2.46. The minimum atomic E-state index is -3.83. The van der Waals surface area contributed by atoms with Gasteiger partial charge in [0.2, 0.25) is 5.09 Å². The molecule has 2 saturated heterocycles. The molecule has 0 bridgehead atoms. The average Bonchev–Trinajstić information content (AvgIpc) is 3.54. The van der Waals surface area contributed by atoms with Gasteiger partial charge in [-0.3, -0.25) is 9.78 Å². The van der Waals surface area contributed by atoms with Crippen LogP contribution < -0.4 is 9.46 Å². The molecule has 1 N–H and O–H groups in total. The Balaban J connectivity index is 1.22. The number of benzene rings is 2. The number of sulfonamides is 1. The first-order valence-corrected chi connectivity index (χ1v) is 15.2. The van der Waals surface area contributed by atoms with Crippen molar-refractivity contribution < 1.29 is 22.4 Å². The fourth-order valence-corrected chi connectivity index (χ4v) is 8.15. The Morgan fingerprint density at radius 2 is 2.10 bits per heavy atom. The molecule has 2 aromatic carbocycles. The highest BCUT2D eigenvalue weighted by molar-refractivity contribution is 8.14. The molecule has 4 aromatic rings. The third-order valence-corrected chi connectivity index (χ3v) is 10.4. The standard InChI is InChI=1S/C29H29N3O5S2/c1-3-18(17-31-39(34,35)27-15-20-6-4-5-7-26(20)37-27)19-11-13-32-25(14-19)28(38-29(32)33)22-10-12-30-24-9-8-21(36-2)16-23(22)24/h3-10,12,15-16,18-19,25,28,31H,1,11,13-14,17H2,2H3/t18-,19-,25-,28-/m0/s1. The fourth-order valence-electron chi connectivity index (χ4n) is 5.79. The van der Waals surface area contributed by atoms with Gasteiger partial charge < -0.3 is 14.1 Å². The predicted molar refractivity (Wildman–Crippen MR) is 152 cm³/mol. The summed E-state index contributed by atoms with van der Waals surface area (Å²) in [6.45, 7) is 4.86. The number of nitrogens with one attached hydrogen (secondary N) is 1. The molecule has 2 fully saturated rings. The Morgan fingerprint density at radius 3 is 2.90 bits per heavy atom. The molecular weight excluding hydrogens is 534 g/mol. The van der Waals surface area contributed by atoms with Gasteiger partial charge in [0, 0.05) is 42.2 Å². The summed E-state index contributed by atoms with van der Waals surface area (Å²) in [5.74, 6) is 0.814. The number of furan rings is 1. The lowest BCUT2D eigenvalue weighted by Crippen LogP contribution is -2.44. The summed E-state index contributed by atoms with van der Waals surface area (Å²) in [6, 6.07) is 16.5. The molecule has 2 aromatic heterocycles. The molecule has 202 valence electrons. The second kappa shape index (κ2) is 10.3. The van der Waals surface area contributed by atoms with Crippen molar-refractivity contribution in [1.82, 2.24) is 14.6 Å². The Morgan fingerprint density at radius 1 is 1.26 bits per heavy atom. The number of ether oxygens (including phenoxy) is 1. The number of amides is 1. The van der Waals surface area contributed by atoms with Gasteiger partial charge in [-0.15, -0.1) is 6.58 Å². The van der Waals surface area contributed by atoms with Crippen molar-refractivity contribution in [3.05, 3.63) is 79.0 Å². The third kappa shape index (κ3) is 4.81.